The Labute approximate surface area is 165 Å². The Morgan fingerprint density at radius 2 is 0.800 bits per heavy atom. The third kappa shape index (κ3) is 3.08. The van der Waals surface area contributed by atoms with E-state index in [-0.39, 0.29) is 33.4 Å². The van der Waals surface area contributed by atoms with Crippen molar-refractivity contribution in [3.05, 3.63) is 94.1 Å². The van der Waals surface area contributed by atoms with Gasteiger partial charge in [-0.25, -0.2) is 0 Å². The summed E-state index contributed by atoms with van der Waals surface area (Å²) in [5.41, 5.74) is -3.81. The molecule has 0 heterocycles. The van der Waals surface area contributed by atoms with Crippen molar-refractivity contribution in [2.24, 2.45) is 0 Å². The third-order valence-corrected chi connectivity index (χ3v) is 4.89. The zero-order valence-electron chi connectivity index (χ0n) is 14.9. The van der Waals surface area contributed by atoms with Gasteiger partial charge in [0.25, 0.3) is 0 Å². The Morgan fingerprint density at radius 1 is 0.500 bits per heavy atom. The predicted octanol–water partition coefficient (Wildman–Crippen LogP) is 5.97. The van der Waals surface area contributed by atoms with Crippen LogP contribution in [-0.4, -0.2) is 23.9 Å². The van der Waals surface area contributed by atoms with Crippen molar-refractivity contribution in [2.75, 3.05) is 0 Å². The molecule has 0 aromatic heterocycles. The molecule has 0 aliphatic heterocycles. The van der Waals surface area contributed by atoms with E-state index in [9.17, 15) is 35.9 Å². The van der Waals surface area contributed by atoms with Gasteiger partial charge in [0, 0.05) is 11.1 Å². The minimum Gasteiger partial charge on any atom is -0.289 e. The predicted molar refractivity (Wildman–Crippen MR) is 96.6 cm³/mol. The number of carbonyl (C=O) groups is 2. The Morgan fingerprint density at radius 3 is 1.10 bits per heavy atom. The van der Waals surface area contributed by atoms with E-state index >= 15 is 0 Å². The van der Waals surface area contributed by atoms with Gasteiger partial charge in [0.05, 0.1) is 0 Å². The van der Waals surface area contributed by atoms with Crippen LogP contribution in [0.4, 0.5) is 26.3 Å². The van der Waals surface area contributed by atoms with Crippen LogP contribution in [-0.2, 0) is 0 Å². The van der Waals surface area contributed by atoms with Crippen LogP contribution >= 0.6 is 0 Å². The average Bonchev–Trinajstić information content (AvgIpc) is 2.67. The van der Waals surface area contributed by atoms with Gasteiger partial charge in [-0.15, -0.1) is 0 Å². The van der Waals surface area contributed by atoms with E-state index in [1.54, 1.807) is 0 Å². The Bertz CT molecular complexity index is 1100. The van der Waals surface area contributed by atoms with Crippen molar-refractivity contribution < 1.29 is 35.9 Å². The van der Waals surface area contributed by atoms with Gasteiger partial charge in [0.1, 0.15) is 11.1 Å². The van der Waals surface area contributed by atoms with E-state index in [0.29, 0.717) is 12.2 Å². The molecule has 0 atom stereocenters. The van der Waals surface area contributed by atoms with E-state index < -0.39 is 35.1 Å². The molecule has 0 amide bonds. The molecule has 4 rings (SSSR count). The number of rotatable bonds is 0. The summed E-state index contributed by atoms with van der Waals surface area (Å²) in [7, 11) is 0. The van der Waals surface area contributed by atoms with Crippen LogP contribution < -0.4 is 0 Å². The molecule has 0 saturated carbocycles. The summed E-state index contributed by atoms with van der Waals surface area (Å²) < 4.78 is 80.9. The summed E-state index contributed by atoms with van der Waals surface area (Å²) in [5.74, 6) is -2.52. The van der Waals surface area contributed by atoms with Crippen molar-refractivity contribution in [3.63, 3.8) is 0 Å². The number of benzene rings is 2. The maximum atomic E-state index is 13.5. The normalized spacial score (nSPS) is 19.1. The summed E-state index contributed by atoms with van der Waals surface area (Å²) in [4.78, 5) is 24.7. The number of allylic oxidation sites excluding steroid dienone is 6. The molecule has 0 fully saturated rings. The summed E-state index contributed by atoms with van der Waals surface area (Å²) >= 11 is 0. The van der Waals surface area contributed by atoms with E-state index in [4.69, 9.17) is 0 Å². The number of ketones is 2. The maximum Gasteiger partial charge on any atom is 0.420 e. The molecule has 0 spiro atoms. The van der Waals surface area contributed by atoms with Gasteiger partial charge < -0.3 is 0 Å². The molecular weight excluding hydrogens is 410 g/mol. The van der Waals surface area contributed by atoms with Crippen molar-refractivity contribution in [3.8, 4) is 0 Å². The molecular formula is C22H10F6O2. The molecule has 0 saturated heterocycles. The molecule has 2 aromatic carbocycles. The highest BCUT2D eigenvalue weighted by atomic mass is 19.4. The van der Waals surface area contributed by atoms with Crippen LogP contribution in [0.3, 0.4) is 0 Å². The van der Waals surface area contributed by atoms with Gasteiger partial charge in [0.15, 0.2) is 11.6 Å². The monoisotopic (exact) mass is 420 g/mol. The number of halogens is 6. The molecule has 0 bridgehead atoms. The Hall–Kier alpha value is -3.42. The summed E-state index contributed by atoms with van der Waals surface area (Å²) in [6.07, 6.45) is -8.90. The van der Waals surface area contributed by atoms with Gasteiger partial charge in [-0.05, 0) is 34.4 Å². The zero-order valence-corrected chi connectivity index (χ0v) is 14.9. The molecule has 0 unspecified atom stereocenters. The molecule has 2 aromatic rings. The smallest absolute Gasteiger partial charge is 0.289 e. The lowest BCUT2D eigenvalue weighted by atomic mass is 9.79. The summed E-state index contributed by atoms with van der Waals surface area (Å²) in [5, 5.41) is 0. The van der Waals surface area contributed by atoms with Crippen LogP contribution in [0.1, 0.15) is 31.8 Å². The van der Waals surface area contributed by atoms with E-state index in [1.165, 1.54) is 48.5 Å². The maximum absolute atomic E-state index is 13.5. The topological polar surface area (TPSA) is 34.1 Å². The van der Waals surface area contributed by atoms with Gasteiger partial charge in [-0.2, -0.15) is 26.3 Å². The number of Topliss-reactive ketones (excluding diaryl/α,β-unsaturated/α-hetero) is 2. The van der Waals surface area contributed by atoms with Crippen molar-refractivity contribution >= 4 is 22.7 Å². The van der Waals surface area contributed by atoms with E-state index in [1.807, 2.05) is 0 Å². The van der Waals surface area contributed by atoms with Crippen LogP contribution in [0.15, 0.2) is 71.8 Å². The van der Waals surface area contributed by atoms with Gasteiger partial charge in [-0.1, -0.05) is 48.5 Å². The first kappa shape index (κ1) is 19.9. The molecule has 8 heteroatoms. The molecule has 2 aliphatic rings. The number of hydrogen-bond acceptors (Lipinski definition) is 2. The highest BCUT2D eigenvalue weighted by Crippen LogP contribution is 2.44. The minimum absolute atomic E-state index is 0.0624. The average molecular weight is 420 g/mol. The zero-order chi connectivity index (χ0) is 21.8. The fourth-order valence-electron chi connectivity index (χ4n) is 3.56. The number of fused-ring (bicyclic) bond motifs is 2. The molecule has 30 heavy (non-hydrogen) atoms. The van der Waals surface area contributed by atoms with Crippen molar-refractivity contribution in [1.29, 1.82) is 0 Å². The van der Waals surface area contributed by atoms with Gasteiger partial charge >= 0.3 is 12.4 Å². The lowest BCUT2D eigenvalue weighted by Crippen LogP contribution is -2.26. The Balaban J connectivity index is 2.14. The number of hydrogen-bond donors (Lipinski definition) is 0. The minimum atomic E-state index is -5.00. The van der Waals surface area contributed by atoms with Gasteiger partial charge in [-0.3, -0.25) is 9.59 Å². The Kier molecular flexibility index (Phi) is 4.34. The molecule has 0 radical (unpaired) electrons. The second kappa shape index (κ2) is 6.55. The van der Waals surface area contributed by atoms with Crippen molar-refractivity contribution in [1.82, 2.24) is 0 Å². The second-order valence-corrected chi connectivity index (χ2v) is 6.69. The van der Waals surface area contributed by atoms with Crippen molar-refractivity contribution in [2.45, 2.75) is 12.4 Å². The first-order valence-electron chi connectivity index (χ1n) is 8.60. The quantitative estimate of drug-likeness (QED) is 0.493. The highest BCUT2D eigenvalue weighted by molar-refractivity contribution is 6.23. The first-order chi connectivity index (χ1) is 14.0. The summed E-state index contributed by atoms with van der Waals surface area (Å²) in [6, 6.07) is 10.8. The lowest BCUT2D eigenvalue weighted by Gasteiger charge is -2.25. The number of carbonyl (C=O) groups excluding carboxylic acids is 2. The lowest BCUT2D eigenvalue weighted by molar-refractivity contribution is -0.0899. The van der Waals surface area contributed by atoms with E-state index in [0.717, 1.165) is 0 Å². The molecule has 2 aliphatic carbocycles. The van der Waals surface area contributed by atoms with Crippen LogP contribution in [0.25, 0.3) is 11.1 Å². The van der Waals surface area contributed by atoms with Crippen LogP contribution in [0.2, 0.25) is 0 Å². The second-order valence-electron chi connectivity index (χ2n) is 6.69. The van der Waals surface area contributed by atoms with Gasteiger partial charge in [0.2, 0.25) is 0 Å². The fourth-order valence-corrected chi connectivity index (χ4v) is 3.56. The fraction of sp³-hybridized carbons (Fsp3) is 0.0909. The standard InChI is InChI=1S/C22H10F6O2/c23-21(24,25)17-9-15(11-5-1-3-7-13(11)19(17)29)16-10-18(22(26,27)28)20(30)14-8-4-2-6-12(14)16/h1-10H/b16-15+. The summed E-state index contributed by atoms with van der Waals surface area (Å²) in [6.45, 7) is 0. The highest BCUT2D eigenvalue weighted by Gasteiger charge is 2.44. The largest absolute Gasteiger partial charge is 0.420 e. The molecule has 152 valence electrons. The van der Waals surface area contributed by atoms with E-state index in [2.05, 4.69) is 0 Å². The van der Waals surface area contributed by atoms with Crippen LogP contribution in [0.5, 0.6) is 0 Å². The third-order valence-electron chi connectivity index (χ3n) is 4.89. The first-order valence-corrected chi connectivity index (χ1v) is 8.60. The molecule has 2 nitrogen and oxygen atoms in total. The molecule has 0 N–H and O–H groups in total. The number of alkyl halides is 6. The van der Waals surface area contributed by atoms with Crippen LogP contribution in [0, 0.1) is 0 Å². The SMILES string of the molecule is O=C1C(C(F)(F)F)=C/C(=C2/C=C(C(F)(F)F)C(=O)c3ccccc32)c2ccccc21.